The third-order valence-electron chi connectivity index (χ3n) is 6.56. The number of carbonyl (C=O) groups excluding carboxylic acids is 2. The minimum Gasteiger partial charge on any atom is -0.330 e. The Kier molecular flexibility index (Phi) is 6.14. The van der Waals surface area contributed by atoms with Gasteiger partial charge >= 0.3 is 0 Å². The van der Waals surface area contributed by atoms with Gasteiger partial charge in [0.2, 0.25) is 11.8 Å². The zero-order chi connectivity index (χ0) is 22.8. The summed E-state index contributed by atoms with van der Waals surface area (Å²) in [5, 5.41) is 2.12. The minimum atomic E-state index is -0.0929. The van der Waals surface area contributed by atoms with Gasteiger partial charge in [0.05, 0.1) is 6.04 Å². The van der Waals surface area contributed by atoms with Gasteiger partial charge in [-0.15, -0.1) is 11.3 Å². The molecule has 2 aliphatic rings. The van der Waals surface area contributed by atoms with E-state index in [1.807, 2.05) is 53.4 Å². The average molecular weight is 457 g/mol. The van der Waals surface area contributed by atoms with Gasteiger partial charge in [0, 0.05) is 23.5 Å². The van der Waals surface area contributed by atoms with Crippen molar-refractivity contribution in [3.8, 4) is 0 Å². The van der Waals surface area contributed by atoms with Gasteiger partial charge in [0.1, 0.15) is 6.54 Å². The molecule has 0 unspecified atom stereocenters. The molecule has 0 bridgehead atoms. The van der Waals surface area contributed by atoms with E-state index in [2.05, 4.69) is 30.5 Å². The van der Waals surface area contributed by atoms with Crippen LogP contribution in [0.1, 0.15) is 46.0 Å². The van der Waals surface area contributed by atoms with E-state index in [9.17, 15) is 9.59 Å². The van der Waals surface area contributed by atoms with Crippen LogP contribution >= 0.6 is 11.3 Å². The Hall–Kier alpha value is -3.18. The summed E-state index contributed by atoms with van der Waals surface area (Å²) >= 11 is 1.77. The molecule has 0 N–H and O–H groups in total. The second kappa shape index (κ2) is 9.36. The fourth-order valence-electron chi connectivity index (χ4n) is 4.65. The summed E-state index contributed by atoms with van der Waals surface area (Å²) in [6, 6.07) is 20.3. The summed E-state index contributed by atoms with van der Waals surface area (Å²) in [6.07, 6.45) is 6.23. The van der Waals surface area contributed by atoms with Crippen molar-refractivity contribution >= 4 is 29.2 Å². The van der Waals surface area contributed by atoms with Crippen molar-refractivity contribution in [1.29, 1.82) is 0 Å². The lowest BCUT2D eigenvalue weighted by molar-refractivity contribution is -0.140. The number of nitrogens with zero attached hydrogens (tertiary/aromatic N) is 2. The third kappa shape index (κ3) is 4.64. The van der Waals surface area contributed by atoms with E-state index in [0.29, 0.717) is 6.54 Å². The Morgan fingerprint density at radius 3 is 2.55 bits per heavy atom. The van der Waals surface area contributed by atoms with Crippen LogP contribution in [0, 0.1) is 6.92 Å². The molecule has 1 atom stereocenters. The Balaban J connectivity index is 1.38. The van der Waals surface area contributed by atoms with E-state index in [0.717, 1.165) is 24.8 Å². The van der Waals surface area contributed by atoms with Gasteiger partial charge < -0.3 is 9.80 Å². The van der Waals surface area contributed by atoms with Crippen molar-refractivity contribution in [3.05, 3.63) is 99.3 Å². The molecule has 168 valence electrons. The van der Waals surface area contributed by atoms with Crippen LogP contribution in [-0.4, -0.2) is 40.7 Å². The first kappa shape index (κ1) is 21.7. The van der Waals surface area contributed by atoms with E-state index >= 15 is 0 Å². The lowest BCUT2D eigenvalue weighted by atomic mass is 9.90. The molecule has 1 aliphatic carbocycles. The maximum absolute atomic E-state index is 13.7. The topological polar surface area (TPSA) is 40.6 Å². The van der Waals surface area contributed by atoms with E-state index in [1.165, 1.54) is 21.6 Å². The highest BCUT2D eigenvalue weighted by Crippen LogP contribution is 2.39. The summed E-state index contributed by atoms with van der Waals surface area (Å²) in [7, 11) is 0. The van der Waals surface area contributed by atoms with Crippen LogP contribution in [0.5, 0.6) is 0 Å². The fraction of sp³-hybridized carbons (Fsp3) is 0.286. The van der Waals surface area contributed by atoms with Gasteiger partial charge in [0.25, 0.3) is 0 Å². The van der Waals surface area contributed by atoms with Crippen molar-refractivity contribution in [3.63, 3.8) is 0 Å². The molecule has 3 aromatic rings. The van der Waals surface area contributed by atoms with E-state index in [-0.39, 0.29) is 30.4 Å². The lowest BCUT2D eigenvalue weighted by Gasteiger charge is -2.38. The van der Waals surface area contributed by atoms with E-state index < -0.39 is 0 Å². The Labute approximate surface area is 199 Å². The van der Waals surface area contributed by atoms with Gasteiger partial charge in [0.15, 0.2) is 0 Å². The maximum atomic E-state index is 13.7. The number of rotatable bonds is 6. The fourth-order valence-corrected chi connectivity index (χ4v) is 5.55. The highest BCUT2D eigenvalue weighted by Gasteiger charge is 2.37. The van der Waals surface area contributed by atoms with Gasteiger partial charge in [-0.3, -0.25) is 9.59 Å². The van der Waals surface area contributed by atoms with Crippen molar-refractivity contribution in [1.82, 2.24) is 9.80 Å². The molecule has 1 saturated carbocycles. The second-order valence-corrected chi connectivity index (χ2v) is 9.84. The smallest absolute Gasteiger partial charge is 0.247 e. The highest BCUT2D eigenvalue weighted by molar-refractivity contribution is 7.10. The number of thiophene rings is 1. The summed E-state index contributed by atoms with van der Waals surface area (Å²) in [4.78, 5) is 31.8. The Morgan fingerprint density at radius 1 is 1.03 bits per heavy atom. The standard InChI is InChI=1S/C28H28N2O2S/c1-20-7-5-6-10-23(20)28-24-16-18-33-25(24)15-17-29(28)27(32)19-30(22-12-13-22)26(31)14-11-21-8-3-2-4-9-21/h2-11,14,16,18,22,28H,12-13,15,17,19H2,1H3/b14-11+/t28-/m1/s1. The van der Waals surface area contributed by atoms with Crippen molar-refractivity contribution in [2.24, 2.45) is 0 Å². The predicted octanol–water partition coefficient (Wildman–Crippen LogP) is 5.24. The molecule has 4 nitrogen and oxygen atoms in total. The molecule has 1 aliphatic heterocycles. The SMILES string of the molecule is Cc1ccccc1[C@@H]1c2ccsc2CCN1C(=O)CN(C(=O)/C=C/c1ccccc1)C1CC1. The molecular formula is C28H28N2O2S. The Bertz CT molecular complexity index is 1180. The zero-order valence-corrected chi connectivity index (χ0v) is 19.6. The Morgan fingerprint density at radius 2 is 1.79 bits per heavy atom. The van der Waals surface area contributed by atoms with Gasteiger partial charge in [-0.25, -0.2) is 0 Å². The van der Waals surface area contributed by atoms with Crippen molar-refractivity contribution < 1.29 is 9.59 Å². The number of amides is 2. The van der Waals surface area contributed by atoms with Gasteiger partial charge in [-0.1, -0.05) is 54.6 Å². The number of aryl methyl sites for hydroxylation is 1. The second-order valence-electron chi connectivity index (χ2n) is 8.84. The molecular weight excluding hydrogens is 428 g/mol. The highest BCUT2D eigenvalue weighted by atomic mass is 32.1. The summed E-state index contributed by atoms with van der Waals surface area (Å²) in [6.45, 7) is 2.91. The molecule has 5 rings (SSSR count). The van der Waals surface area contributed by atoms with Crippen molar-refractivity contribution in [2.75, 3.05) is 13.1 Å². The molecule has 0 spiro atoms. The number of hydrogen-bond acceptors (Lipinski definition) is 3. The lowest BCUT2D eigenvalue weighted by Crippen LogP contribution is -2.47. The number of benzene rings is 2. The monoisotopic (exact) mass is 456 g/mol. The molecule has 33 heavy (non-hydrogen) atoms. The number of carbonyl (C=O) groups is 2. The quantitative estimate of drug-likeness (QED) is 0.476. The van der Waals surface area contributed by atoms with Crippen LogP contribution in [0.15, 0.2) is 72.1 Å². The average Bonchev–Trinajstić information content (AvgIpc) is 3.57. The van der Waals surface area contributed by atoms with Crippen LogP contribution in [-0.2, 0) is 16.0 Å². The molecule has 1 aromatic heterocycles. The zero-order valence-electron chi connectivity index (χ0n) is 18.8. The number of fused-ring (bicyclic) bond motifs is 1. The van der Waals surface area contributed by atoms with Crippen molar-refractivity contribution in [2.45, 2.75) is 38.3 Å². The van der Waals surface area contributed by atoms with Crippen LogP contribution in [0.25, 0.3) is 6.08 Å². The molecule has 1 fully saturated rings. The van der Waals surface area contributed by atoms with Gasteiger partial charge in [-0.05, 0) is 66.0 Å². The minimum absolute atomic E-state index is 0.0217. The van der Waals surface area contributed by atoms with Gasteiger partial charge in [-0.2, -0.15) is 0 Å². The third-order valence-corrected chi connectivity index (χ3v) is 7.56. The van der Waals surface area contributed by atoms with Crippen LogP contribution in [0.2, 0.25) is 0 Å². The summed E-state index contributed by atoms with van der Waals surface area (Å²) < 4.78 is 0. The maximum Gasteiger partial charge on any atom is 0.247 e. The van der Waals surface area contributed by atoms with Crippen LogP contribution < -0.4 is 0 Å². The van der Waals surface area contributed by atoms with Crippen LogP contribution in [0.3, 0.4) is 0 Å². The normalized spacial score (nSPS) is 17.7. The molecule has 0 saturated heterocycles. The van der Waals surface area contributed by atoms with E-state index in [4.69, 9.17) is 0 Å². The molecule has 0 radical (unpaired) electrons. The van der Waals surface area contributed by atoms with E-state index in [1.54, 1.807) is 22.3 Å². The molecule has 2 amide bonds. The first-order chi connectivity index (χ1) is 16.1. The first-order valence-electron chi connectivity index (χ1n) is 11.6. The number of hydrogen-bond donors (Lipinski definition) is 0. The largest absolute Gasteiger partial charge is 0.330 e. The summed E-state index contributed by atoms with van der Waals surface area (Å²) in [5.74, 6) is -0.0659. The molecule has 5 heteroatoms. The summed E-state index contributed by atoms with van der Waals surface area (Å²) in [5.41, 5.74) is 4.55. The van der Waals surface area contributed by atoms with Crippen LogP contribution in [0.4, 0.5) is 0 Å². The predicted molar refractivity (Wildman–Crippen MR) is 133 cm³/mol. The first-order valence-corrected chi connectivity index (χ1v) is 12.4. The molecule has 2 heterocycles. The molecule has 2 aromatic carbocycles.